The quantitative estimate of drug-likeness (QED) is 0.514. The van der Waals surface area contributed by atoms with Crippen LogP contribution >= 0.6 is 0 Å². The van der Waals surface area contributed by atoms with Crippen LogP contribution < -0.4 is 10.6 Å². The van der Waals surface area contributed by atoms with E-state index in [0.717, 1.165) is 23.8 Å². The summed E-state index contributed by atoms with van der Waals surface area (Å²) >= 11 is 0. The van der Waals surface area contributed by atoms with Crippen LogP contribution in [0.3, 0.4) is 0 Å². The monoisotopic (exact) mass is 362 g/mol. The fourth-order valence-corrected chi connectivity index (χ4v) is 2.79. The van der Waals surface area contributed by atoms with Crippen molar-refractivity contribution in [3.05, 3.63) is 78.2 Å². The number of rotatable bonds is 6. The van der Waals surface area contributed by atoms with Crippen molar-refractivity contribution in [1.29, 1.82) is 0 Å². The van der Waals surface area contributed by atoms with E-state index in [1.165, 1.54) is 5.56 Å². The first-order chi connectivity index (χ1) is 13.1. The molecule has 3 rings (SSSR count). The Labute approximate surface area is 160 Å². The molecule has 5 nitrogen and oxygen atoms in total. The van der Waals surface area contributed by atoms with Gasteiger partial charge in [-0.3, -0.25) is 4.99 Å². The number of oxazole rings is 1. The zero-order valence-corrected chi connectivity index (χ0v) is 16.1. The van der Waals surface area contributed by atoms with Crippen LogP contribution in [0.4, 0.5) is 0 Å². The number of nitrogens with one attached hydrogen (secondary N) is 2. The maximum atomic E-state index is 5.58. The van der Waals surface area contributed by atoms with Crippen LogP contribution in [0, 0.1) is 0 Å². The number of guanidine groups is 1. The van der Waals surface area contributed by atoms with Crippen molar-refractivity contribution >= 4 is 5.96 Å². The third-order valence-electron chi connectivity index (χ3n) is 4.49. The highest BCUT2D eigenvalue weighted by molar-refractivity contribution is 5.79. The van der Waals surface area contributed by atoms with Crippen LogP contribution in [0.2, 0.25) is 0 Å². The van der Waals surface area contributed by atoms with Crippen molar-refractivity contribution in [2.75, 3.05) is 13.6 Å². The summed E-state index contributed by atoms with van der Waals surface area (Å²) in [6, 6.07) is 20.4. The molecule has 0 unspecified atom stereocenters. The first-order valence-electron chi connectivity index (χ1n) is 9.08. The predicted molar refractivity (Wildman–Crippen MR) is 110 cm³/mol. The number of aliphatic imine (C=N–C) groups is 1. The molecule has 0 aliphatic heterocycles. The van der Waals surface area contributed by atoms with Gasteiger partial charge in [-0.05, 0) is 17.7 Å². The Morgan fingerprint density at radius 1 is 1.00 bits per heavy atom. The fourth-order valence-electron chi connectivity index (χ4n) is 2.79. The number of hydrogen-bond donors (Lipinski definition) is 2. The van der Waals surface area contributed by atoms with Crippen molar-refractivity contribution in [3.63, 3.8) is 0 Å². The van der Waals surface area contributed by atoms with Gasteiger partial charge in [0.05, 0.1) is 12.2 Å². The lowest BCUT2D eigenvalue weighted by Gasteiger charge is -2.26. The van der Waals surface area contributed by atoms with Gasteiger partial charge >= 0.3 is 0 Å². The number of nitrogens with zero attached hydrogens (tertiary/aromatic N) is 2. The van der Waals surface area contributed by atoms with Gasteiger partial charge in [0.2, 0.25) is 5.89 Å². The van der Waals surface area contributed by atoms with Gasteiger partial charge in [-0.2, -0.15) is 0 Å². The molecule has 0 saturated heterocycles. The largest absolute Gasteiger partial charge is 0.444 e. The van der Waals surface area contributed by atoms with Gasteiger partial charge in [-0.15, -0.1) is 0 Å². The van der Waals surface area contributed by atoms with Crippen LogP contribution in [0.15, 0.2) is 76.3 Å². The molecular formula is C22H26N4O. The van der Waals surface area contributed by atoms with Crippen molar-refractivity contribution in [2.45, 2.75) is 25.8 Å². The van der Waals surface area contributed by atoms with Crippen LogP contribution in [0.25, 0.3) is 11.5 Å². The van der Waals surface area contributed by atoms with Crippen LogP contribution in [-0.4, -0.2) is 24.5 Å². The highest BCUT2D eigenvalue weighted by Gasteiger charge is 2.20. The van der Waals surface area contributed by atoms with Crippen molar-refractivity contribution in [3.8, 4) is 11.5 Å². The van der Waals surface area contributed by atoms with E-state index in [4.69, 9.17) is 4.42 Å². The summed E-state index contributed by atoms with van der Waals surface area (Å²) in [5, 5.41) is 6.69. The summed E-state index contributed by atoms with van der Waals surface area (Å²) in [7, 11) is 1.77. The Hall–Kier alpha value is -3.08. The van der Waals surface area contributed by atoms with Crippen molar-refractivity contribution < 1.29 is 4.42 Å². The summed E-state index contributed by atoms with van der Waals surface area (Å²) in [5.41, 5.74) is 3.08. The van der Waals surface area contributed by atoms with Gasteiger partial charge < -0.3 is 15.1 Å². The van der Waals surface area contributed by atoms with Crippen LogP contribution in [-0.2, 0) is 12.0 Å². The molecule has 0 aliphatic rings. The highest BCUT2D eigenvalue weighted by atomic mass is 16.3. The highest BCUT2D eigenvalue weighted by Crippen LogP contribution is 2.21. The lowest BCUT2D eigenvalue weighted by atomic mass is 9.85. The molecule has 0 spiro atoms. The molecule has 2 aromatic carbocycles. The Balaban J connectivity index is 1.55. The van der Waals surface area contributed by atoms with Crippen molar-refractivity contribution in [2.24, 2.45) is 4.99 Å². The first-order valence-corrected chi connectivity index (χ1v) is 9.08. The molecule has 140 valence electrons. The Bertz CT molecular complexity index is 870. The minimum absolute atomic E-state index is 0.00670. The van der Waals surface area contributed by atoms with E-state index in [-0.39, 0.29) is 5.41 Å². The maximum Gasteiger partial charge on any atom is 0.226 e. The standard InChI is InChI=1S/C22H26N4O/c1-22(2,18-12-8-5-9-13-18)16-25-21(23-3)24-14-19-15-27-20(26-19)17-10-6-4-7-11-17/h4-13,15H,14,16H2,1-3H3,(H2,23,24,25). The average molecular weight is 362 g/mol. The summed E-state index contributed by atoms with van der Waals surface area (Å²) in [6.45, 7) is 5.74. The smallest absolute Gasteiger partial charge is 0.226 e. The third kappa shape index (κ3) is 4.97. The molecule has 0 saturated carbocycles. The number of aromatic nitrogens is 1. The van der Waals surface area contributed by atoms with Gasteiger partial charge in [-0.1, -0.05) is 62.4 Å². The van der Waals surface area contributed by atoms with Gasteiger partial charge in [0.25, 0.3) is 0 Å². The molecule has 3 aromatic rings. The van der Waals surface area contributed by atoms with E-state index in [0.29, 0.717) is 12.4 Å². The van der Waals surface area contributed by atoms with Gasteiger partial charge in [-0.25, -0.2) is 4.98 Å². The van der Waals surface area contributed by atoms with E-state index in [2.05, 4.69) is 58.7 Å². The molecule has 0 atom stereocenters. The van der Waals surface area contributed by atoms with Crippen LogP contribution in [0.5, 0.6) is 0 Å². The van der Waals surface area contributed by atoms with Gasteiger partial charge in [0.15, 0.2) is 5.96 Å². The second-order valence-electron chi connectivity index (χ2n) is 7.04. The Morgan fingerprint density at radius 3 is 2.33 bits per heavy atom. The van der Waals surface area contributed by atoms with E-state index < -0.39 is 0 Å². The van der Waals surface area contributed by atoms with Crippen LogP contribution in [0.1, 0.15) is 25.1 Å². The average Bonchev–Trinajstić information content (AvgIpc) is 3.18. The number of benzene rings is 2. The molecule has 0 radical (unpaired) electrons. The molecule has 1 aromatic heterocycles. The van der Waals surface area contributed by atoms with E-state index in [9.17, 15) is 0 Å². The van der Waals surface area contributed by atoms with Gasteiger partial charge in [0, 0.05) is 24.6 Å². The Kier molecular flexibility index (Phi) is 5.91. The fraction of sp³-hybridized carbons (Fsp3) is 0.273. The molecule has 1 heterocycles. The lowest BCUT2D eigenvalue weighted by molar-refractivity contribution is 0.508. The minimum atomic E-state index is -0.00670. The molecule has 27 heavy (non-hydrogen) atoms. The Morgan fingerprint density at radius 2 is 1.67 bits per heavy atom. The maximum absolute atomic E-state index is 5.58. The first kappa shape index (κ1) is 18.7. The minimum Gasteiger partial charge on any atom is -0.444 e. The number of hydrogen-bond acceptors (Lipinski definition) is 3. The third-order valence-corrected chi connectivity index (χ3v) is 4.49. The second-order valence-corrected chi connectivity index (χ2v) is 7.04. The summed E-state index contributed by atoms with van der Waals surface area (Å²) in [4.78, 5) is 8.83. The predicted octanol–water partition coefficient (Wildman–Crippen LogP) is 3.98. The topological polar surface area (TPSA) is 62.5 Å². The molecule has 0 bridgehead atoms. The van der Waals surface area contributed by atoms with E-state index in [1.807, 2.05) is 36.4 Å². The SMILES string of the molecule is CN=C(NCc1coc(-c2ccccc2)n1)NCC(C)(C)c1ccccc1. The lowest BCUT2D eigenvalue weighted by Crippen LogP contribution is -2.43. The summed E-state index contributed by atoms with van der Waals surface area (Å²) < 4.78 is 5.58. The molecule has 0 amide bonds. The van der Waals surface area contributed by atoms with E-state index in [1.54, 1.807) is 13.3 Å². The normalized spacial score (nSPS) is 12.0. The zero-order chi connectivity index (χ0) is 19.1. The zero-order valence-electron chi connectivity index (χ0n) is 16.1. The molecule has 5 heteroatoms. The molecule has 2 N–H and O–H groups in total. The molecule has 0 fully saturated rings. The van der Waals surface area contributed by atoms with Crippen molar-refractivity contribution in [1.82, 2.24) is 15.6 Å². The summed E-state index contributed by atoms with van der Waals surface area (Å²) in [6.07, 6.45) is 1.68. The van der Waals surface area contributed by atoms with Gasteiger partial charge in [0.1, 0.15) is 6.26 Å². The van der Waals surface area contributed by atoms with E-state index >= 15 is 0 Å². The molecular weight excluding hydrogens is 336 g/mol. The molecule has 0 aliphatic carbocycles. The second kappa shape index (κ2) is 8.54. The summed E-state index contributed by atoms with van der Waals surface area (Å²) in [5.74, 6) is 1.36.